The predicted molar refractivity (Wildman–Crippen MR) is 73.1 cm³/mol. The molecule has 1 aliphatic rings. The molecule has 96 valence electrons. The van der Waals surface area contributed by atoms with Crippen LogP contribution in [0.15, 0.2) is 10.9 Å². The Morgan fingerprint density at radius 1 is 1.59 bits per heavy atom. The van der Waals surface area contributed by atoms with Crippen molar-refractivity contribution in [3.8, 4) is 0 Å². The maximum atomic E-state index is 5.90. The molecule has 4 heteroatoms. The van der Waals surface area contributed by atoms with Crippen LogP contribution in [0.5, 0.6) is 0 Å². The largest absolute Gasteiger partial charge is 0.330 e. The van der Waals surface area contributed by atoms with E-state index in [1.807, 2.05) is 5.51 Å². The Kier molecular flexibility index (Phi) is 4.54. The highest BCUT2D eigenvalue weighted by molar-refractivity contribution is 7.07. The lowest BCUT2D eigenvalue weighted by atomic mass is 10.00. The molecule has 1 saturated carbocycles. The third kappa shape index (κ3) is 2.69. The molecule has 1 aromatic rings. The van der Waals surface area contributed by atoms with Crippen molar-refractivity contribution in [2.45, 2.75) is 45.2 Å². The normalized spacial score (nSPS) is 26.6. The average molecular weight is 253 g/mol. The number of aromatic nitrogens is 1. The zero-order valence-electron chi connectivity index (χ0n) is 10.8. The second-order valence-electron chi connectivity index (χ2n) is 4.91. The molecule has 1 aromatic heterocycles. The maximum absolute atomic E-state index is 5.90. The molecule has 0 aliphatic heterocycles. The van der Waals surface area contributed by atoms with Gasteiger partial charge in [0.15, 0.2) is 0 Å². The standard InChI is InChI=1S/C13H23N3S/c1-3-16(10(2)12-8-17-9-15-12)13-6-4-5-11(13)7-14/h8-11,13H,3-7,14H2,1-2H3. The first kappa shape index (κ1) is 13.0. The number of thiazole rings is 1. The third-order valence-electron chi connectivity index (χ3n) is 4.09. The average Bonchev–Trinajstić information content (AvgIpc) is 3.01. The van der Waals surface area contributed by atoms with Crippen LogP contribution in [0.4, 0.5) is 0 Å². The molecule has 1 aliphatic carbocycles. The zero-order chi connectivity index (χ0) is 12.3. The molecular weight excluding hydrogens is 230 g/mol. The van der Waals surface area contributed by atoms with E-state index in [1.54, 1.807) is 11.3 Å². The van der Waals surface area contributed by atoms with E-state index >= 15 is 0 Å². The van der Waals surface area contributed by atoms with Crippen LogP contribution >= 0.6 is 11.3 Å². The summed E-state index contributed by atoms with van der Waals surface area (Å²) in [5, 5.41) is 2.17. The minimum Gasteiger partial charge on any atom is -0.330 e. The zero-order valence-corrected chi connectivity index (χ0v) is 11.6. The van der Waals surface area contributed by atoms with E-state index in [1.165, 1.54) is 25.0 Å². The molecule has 2 N–H and O–H groups in total. The smallest absolute Gasteiger partial charge is 0.0795 e. The molecule has 1 heterocycles. The van der Waals surface area contributed by atoms with E-state index in [2.05, 4.69) is 29.1 Å². The molecular formula is C13H23N3S. The molecule has 17 heavy (non-hydrogen) atoms. The minimum absolute atomic E-state index is 0.420. The third-order valence-corrected chi connectivity index (χ3v) is 4.69. The molecule has 0 saturated heterocycles. The first-order chi connectivity index (χ1) is 8.27. The summed E-state index contributed by atoms with van der Waals surface area (Å²) in [4.78, 5) is 7.04. The first-order valence-electron chi connectivity index (χ1n) is 6.61. The van der Waals surface area contributed by atoms with E-state index in [9.17, 15) is 0 Å². The minimum atomic E-state index is 0.420. The van der Waals surface area contributed by atoms with Gasteiger partial charge in [0.25, 0.3) is 0 Å². The van der Waals surface area contributed by atoms with Crippen molar-refractivity contribution in [2.24, 2.45) is 11.7 Å². The fraction of sp³-hybridized carbons (Fsp3) is 0.769. The number of hydrogen-bond acceptors (Lipinski definition) is 4. The second kappa shape index (κ2) is 5.94. The number of nitrogens with two attached hydrogens (primary N) is 1. The topological polar surface area (TPSA) is 42.2 Å². The molecule has 0 radical (unpaired) electrons. The van der Waals surface area contributed by atoms with Crippen LogP contribution < -0.4 is 5.73 Å². The van der Waals surface area contributed by atoms with E-state index in [0.717, 1.165) is 13.1 Å². The predicted octanol–water partition coefficient (Wildman–Crippen LogP) is 2.65. The molecule has 0 aromatic carbocycles. The highest BCUT2D eigenvalue weighted by Crippen LogP contribution is 2.34. The summed E-state index contributed by atoms with van der Waals surface area (Å²) in [7, 11) is 0. The molecule has 2 rings (SSSR count). The molecule has 1 fully saturated rings. The van der Waals surface area contributed by atoms with Gasteiger partial charge in [0.2, 0.25) is 0 Å². The second-order valence-corrected chi connectivity index (χ2v) is 5.63. The summed E-state index contributed by atoms with van der Waals surface area (Å²) < 4.78 is 0. The lowest BCUT2D eigenvalue weighted by molar-refractivity contribution is 0.121. The van der Waals surface area contributed by atoms with Crippen LogP contribution in [0.3, 0.4) is 0 Å². The number of rotatable bonds is 5. The SMILES string of the molecule is CCN(C(C)c1cscn1)C1CCCC1CN. The fourth-order valence-electron chi connectivity index (χ4n) is 3.12. The lowest BCUT2D eigenvalue weighted by Crippen LogP contribution is -2.41. The Bertz CT molecular complexity index is 325. The molecule has 0 spiro atoms. The van der Waals surface area contributed by atoms with Crippen molar-refractivity contribution < 1.29 is 0 Å². The first-order valence-corrected chi connectivity index (χ1v) is 7.56. The van der Waals surface area contributed by atoms with Crippen LogP contribution in [0, 0.1) is 5.92 Å². The lowest BCUT2D eigenvalue weighted by Gasteiger charge is -2.36. The summed E-state index contributed by atoms with van der Waals surface area (Å²) >= 11 is 1.68. The quantitative estimate of drug-likeness (QED) is 0.877. The Morgan fingerprint density at radius 3 is 3.00 bits per heavy atom. The molecule has 0 bridgehead atoms. The van der Waals surface area contributed by atoms with Crippen LogP contribution in [-0.4, -0.2) is 29.0 Å². The van der Waals surface area contributed by atoms with Crippen LogP contribution in [0.1, 0.15) is 44.8 Å². The van der Waals surface area contributed by atoms with Gasteiger partial charge >= 0.3 is 0 Å². The van der Waals surface area contributed by atoms with E-state index in [-0.39, 0.29) is 0 Å². The van der Waals surface area contributed by atoms with Crippen LogP contribution in [0.2, 0.25) is 0 Å². The number of nitrogens with zero attached hydrogens (tertiary/aromatic N) is 2. The Labute approximate surface area is 108 Å². The van der Waals surface area contributed by atoms with Gasteiger partial charge in [-0.3, -0.25) is 4.90 Å². The van der Waals surface area contributed by atoms with Gasteiger partial charge in [-0.15, -0.1) is 11.3 Å². The van der Waals surface area contributed by atoms with Crippen molar-refractivity contribution in [3.05, 3.63) is 16.6 Å². The molecule has 3 atom stereocenters. The summed E-state index contributed by atoms with van der Waals surface area (Å²) in [6, 6.07) is 1.07. The molecule has 3 unspecified atom stereocenters. The Hall–Kier alpha value is -0.450. The van der Waals surface area contributed by atoms with Gasteiger partial charge in [-0.05, 0) is 38.8 Å². The van der Waals surface area contributed by atoms with Crippen molar-refractivity contribution in [1.82, 2.24) is 9.88 Å². The van der Waals surface area contributed by atoms with Gasteiger partial charge in [0.1, 0.15) is 0 Å². The molecule has 3 nitrogen and oxygen atoms in total. The van der Waals surface area contributed by atoms with Crippen molar-refractivity contribution in [2.75, 3.05) is 13.1 Å². The van der Waals surface area contributed by atoms with Crippen LogP contribution in [0.25, 0.3) is 0 Å². The fourth-order valence-corrected chi connectivity index (χ4v) is 3.76. The van der Waals surface area contributed by atoms with E-state index in [4.69, 9.17) is 5.73 Å². The van der Waals surface area contributed by atoms with Crippen LogP contribution in [-0.2, 0) is 0 Å². The monoisotopic (exact) mass is 253 g/mol. The van der Waals surface area contributed by atoms with Gasteiger partial charge < -0.3 is 5.73 Å². The van der Waals surface area contributed by atoms with Crippen molar-refractivity contribution in [3.63, 3.8) is 0 Å². The van der Waals surface area contributed by atoms with E-state index < -0.39 is 0 Å². The van der Waals surface area contributed by atoms with Crippen molar-refractivity contribution >= 4 is 11.3 Å². The summed E-state index contributed by atoms with van der Waals surface area (Å²) in [6.45, 7) is 6.42. The summed E-state index contributed by atoms with van der Waals surface area (Å²) in [6.07, 6.45) is 3.92. The van der Waals surface area contributed by atoms with Gasteiger partial charge in [0.05, 0.1) is 17.2 Å². The Morgan fingerprint density at radius 2 is 2.41 bits per heavy atom. The van der Waals surface area contributed by atoms with E-state index in [0.29, 0.717) is 18.0 Å². The molecule has 0 amide bonds. The van der Waals surface area contributed by atoms with Gasteiger partial charge in [0, 0.05) is 11.4 Å². The highest BCUT2D eigenvalue weighted by Gasteiger charge is 2.33. The van der Waals surface area contributed by atoms with Gasteiger partial charge in [-0.25, -0.2) is 4.98 Å². The van der Waals surface area contributed by atoms with Gasteiger partial charge in [-0.2, -0.15) is 0 Å². The Balaban J connectivity index is 2.10. The van der Waals surface area contributed by atoms with Crippen molar-refractivity contribution in [1.29, 1.82) is 0 Å². The highest BCUT2D eigenvalue weighted by atomic mass is 32.1. The maximum Gasteiger partial charge on any atom is 0.0795 e. The summed E-state index contributed by atoms with van der Waals surface area (Å²) in [5.41, 5.74) is 9.03. The summed E-state index contributed by atoms with van der Waals surface area (Å²) in [5.74, 6) is 0.677. The number of hydrogen-bond donors (Lipinski definition) is 1. The van der Waals surface area contributed by atoms with Gasteiger partial charge in [-0.1, -0.05) is 13.3 Å².